The Balaban J connectivity index is 4.76. The van der Waals surface area contributed by atoms with Crippen LogP contribution < -0.4 is 5.73 Å². The van der Waals surface area contributed by atoms with Crippen LogP contribution in [0.25, 0.3) is 0 Å². The van der Waals surface area contributed by atoms with Crippen LogP contribution in [0.4, 0.5) is 0 Å². The zero-order valence-electron chi connectivity index (χ0n) is 11.7. The van der Waals surface area contributed by atoms with Crippen molar-refractivity contribution in [2.45, 2.75) is 27.2 Å². The van der Waals surface area contributed by atoms with E-state index in [-0.39, 0.29) is 30.0 Å². The summed E-state index contributed by atoms with van der Waals surface area (Å²) in [6, 6.07) is 0. The fraction of sp³-hybridized carbons (Fsp3) is 0.909. The third-order valence-corrected chi connectivity index (χ3v) is 4.57. The summed E-state index contributed by atoms with van der Waals surface area (Å²) in [5.41, 5.74) is 4.97. The van der Waals surface area contributed by atoms with Gasteiger partial charge < -0.3 is 10.5 Å². The Hall–Kier alpha value is -0.660. The minimum atomic E-state index is -3.35. The van der Waals surface area contributed by atoms with Gasteiger partial charge in [0.05, 0.1) is 18.2 Å². The fourth-order valence-corrected chi connectivity index (χ4v) is 3.47. The van der Waals surface area contributed by atoms with Gasteiger partial charge in [-0.25, -0.2) is 8.42 Å². The lowest BCUT2D eigenvalue weighted by Crippen LogP contribution is -2.40. The van der Waals surface area contributed by atoms with Crippen LogP contribution in [0.1, 0.15) is 27.2 Å². The highest BCUT2D eigenvalue weighted by atomic mass is 32.2. The topological polar surface area (TPSA) is 96.5 Å². The first-order valence-corrected chi connectivity index (χ1v) is 7.49. The highest BCUT2D eigenvalue weighted by molar-refractivity contribution is 7.89. The van der Waals surface area contributed by atoms with Gasteiger partial charge in [-0.2, -0.15) is 4.31 Å². The number of sulfonamides is 1. The molecule has 0 heterocycles. The predicted molar refractivity (Wildman–Crippen MR) is 73.2 cm³/mol. The van der Waals surface area contributed by atoms with Crippen molar-refractivity contribution in [3.8, 4) is 0 Å². The Morgan fingerprint density at radius 2 is 1.89 bits per heavy atom. The first kappa shape index (κ1) is 17.3. The molecule has 0 aliphatic heterocycles. The summed E-state index contributed by atoms with van der Waals surface area (Å²) in [5, 5.41) is 7.17. The average molecular weight is 279 g/mol. The molecule has 108 valence electrons. The van der Waals surface area contributed by atoms with Crippen LogP contribution in [-0.4, -0.2) is 51.1 Å². The molecule has 0 aliphatic carbocycles. The average Bonchev–Trinajstić information content (AvgIpc) is 2.12. The van der Waals surface area contributed by atoms with Crippen LogP contribution >= 0.6 is 0 Å². The highest BCUT2D eigenvalue weighted by Gasteiger charge is 2.27. The predicted octanol–water partition coefficient (Wildman–Crippen LogP) is 0.637. The maximum atomic E-state index is 12.2. The molecule has 0 aromatic rings. The van der Waals surface area contributed by atoms with Gasteiger partial charge in [0, 0.05) is 26.6 Å². The monoisotopic (exact) mass is 279 g/mol. The number of nitrogens with zero attached hydrogens (tertiary/aromatic N) is 1. The molecular formula is C11H25N3O3S. The Morgan fingerprint density at radius 3 is 2.28 bits per heavy atom. The second-order valence-electron chi connectivity index (χ2n) is 5.48. The van der Waals surface area contributed by atoms with E-state index in [1.54, 1.807) is 0 Å². The normalized spacial score (nSPS) is 12.9. The van der Waals surface area contributed by atoms with Crippen molar-refractivity contribution in [3.05, 3.63) is 0 Å². The SMILES string of the molecule is COCCN(CCC(=N)N)S(=O)(=O)CC(C)(C)C. The van der Waals surface area contributed by atoms with E-state index in [9.17, 15) is 8.42 Å². The molecule has 18 heavy (non-hydrogen) atoms. The van der Waals surface area contributed by atoms with E-state index in [1.807, 2.05) is 20.8 Å². The Morgan fingerprint density at radius 1 is 1.33 bits per heavy atom. The number of hydrogen-bond donors (Lipinski definition) is 2. The quantitative estimate of drug-likeness (QED) is 0.503. The van der Waals surface area contributed by atoms with Gasteiger partial charge in [-0.15, -0.1) is 0 Å². The Kier molecular flexibility index (Phi) is 6.80. The Labute approximate surface area is 110 Å². The molecule has 0 aromatic heterocycles. The van der Waals surface area contributed by atoms with Gasteiger partial charge in [-0.1, -0.05) is 20.8 Å². The molecule has 0 aromatic carbocycles. The largest absolute Gasteiger partial charge is 0.388 e. The van der Waals surface area contributed by atoms with Gasteiger partial charge >= 0.3 is 0 Å². The lowest BCUT2D eigenvalue weighted by Gasteiger charge is -2.26. The standard InChI is InChI=1S/C11H25N3O3S/c1-11(2,3)9-18(15,16)14(7-8-17-4)6-5-10(12)13/h5-9H2,1-4H3,(H3,12,13). The molecular weight excluding hydrogens is 254 g/mol. The summed E-state index contributed by atoms with van der Waals surface area (Å²) in [6.07, 6.45) is 0.243. The zero-order chi connectivity index (χ0) is 14.4. The molecule has 0 atom stereocenters. The second kappa shape index (κ2) is 7.06. The van der Waals surface area contributed by atoms with Crippen LogP contribution in [0, 0.1) is 10.8 Å². The van der Waals surface area contributed by atoms with Crippen LogP contribution in [0.15, 0.2) is 0 Å². The van der Waals surface area contributed by atoms with E-state index in [1.165, 1.54) is 11.4 Å². The van der Waals surface area contributed by atoms with Crippen molar-refractivity contribution >= 4 is 15.9 Å². The maximum Gasteiger partial charge on any atom is 0.214 e. The van der Waals surface area contributed by atoms with E-state index in [0.29, 0.717) is 13.2 Å². The highest BCUT2D eigenvalue weighted by Crippen LogP contribution is 2.18. The van der Waals surface area contributed by atoms with Crippen molar-refractivity contribution in [1.82, 2.24) is 4.31 Å². The number of hydrogen-bond acceptors (Lipinski definition) is 4. The van der Waals surface area contributed by atoms with E-state index in [2.05, 4.69) is 0 Å². The van der Waals surface area contributed by atoms with Gasteiger partial charge in [-0.3, -0.25) is 5.41 Å². The molecule has 0 spiro atoms. The first-order valence-electron chi connectivity index (χ1n) is 5.88. The molecule has 7 heteroatoms. The summed E-state index contributed by atoms with van der Waals surface area (Å²) in [7, 11) is -1.82. The minimum absolute atomic E-state index is 0.0108. The number of methoxy groups -OCH3 is 1. The number of nitrogens with one attached hydrogen (secondary N) is 1. The summed E-state index contributed by atoms with van der Waals surface area (Å²) < 4.78 is 30.7. The molecule has 0 bridgehead atoms. The van der Waals surface area contributed by atoms with E-state index in [4.69, 9.17) is 15.9 Å². The smallest absolute Gasteiger partial charge is 0.214 e. The molecule has 0 saturated heterocycles. The maximum absolute atomic E-state index is 12.2. The molecule has 6 nitrogen and oxygen atoms in total. The molecule has 0 amide bonds. The minimum Gasteiger partial charge on any atom is -0.388 e. The summed E-state index contributed by atoms with van der Waals surface area (Å²) in [6.45, 7) is 6.50. The second-order valence-corrected chi connectivity index (χ2v) is 7.45. The lowest BCUT2D eigenvalue weighted by atomic mass is 10.0. The molecule has 0 aliphatic rings. The van der Waals surface area contributed by atoms with Gasteiger partial charge in [0.2, 0.25) is 10.0 Å². The lowest BCUT2D eigenvalue weighted by molar-refractivity contribution is 0.179. The fourth-order valence-electron chi connectivity index (χ4n) is 1.47. The molecule has 0 unspecified atom stereocenters. The van der Waals surface area contributed by atoms with Crippen molar-refractivity contribution in [2.75, 3.05) is 32.6 Å². The van der Waals surface area contributed by atoms with Crippen molar-refractivity contribution in [2.24, 2.45) is 11.1 Å². The number of nitrogens with two attached hydrogens (primary N) is 1. The molecule has 0 rings (SSSR count). The van der Waals surface area contributed by atoms with Crippen LogP contribution in [0.5, 0.6) is 0 Å². The number of amidine groups is 1. The van der Waals surface area contributed by atoms with Crippen molar-refractivity contribution < 1.29 is 13.2 Å². The van der Waals surface area contributed by atoms with Gasteiger partial charge in [-0.05, 0) is 5.41 Å². The summed E-state index contributed by atoms with van der Waals surface area (Å²) in [4.78, 5) is 0. The third-order valence-electron chi connectivity index (χ3n) is 2.18. The van der Waals surface area contributed by atoms with Gasteiger partial charge in [0.25, 0.3) is 0 Å². The van der Waals surface area contributed by atoms with Crippen LogP contribution in [0.2, 0.25) is 0 Å². The third kappa shape index (κ3) is 7.62. The van der Waals surface area contributed by atoms with Crippen LogP contribution in [0.3, 0.4) is 0 Å². The zero-order valence-corrected chi connectivity index (χ0v) is 12.5. The number of rotatable bonds is 8. The Bertz CT molecular complexity index is 360. The molecule has 0 fully saturated rings. The first-order chi connectivity index (χ1) is 8.08. The van der Waals surface area contributed by atoms with Crippen LogP contribution in [-0.2, 0) is 14.8 Å². The molecule has 3 N–H and O–H groups in total. The van der Waals surface area contributed by atoms with E-state index >= 15 is 0 Å². The van der Waals surface area contributed by atoms with Gasteiger partial charge in [0.1, 0.15) is 0 Å². The van der Waals surface area contributed by atoms with E-state index in [0.717, 1.165) is 0 Å². The number of ether oxygens (including phenoxy) is 1. The van der Waals surface area contributed by atoms with E-state index < -0.39 is 10.0 Å². The summed E-state index contributed by atoms with van der Waals surface area (Å²) >= 11 is 0. The van der Waals surface area contributed by atoms with Crippen molar-refractivity contribution in [3.63, 3.8) is 0 Å². The molecule has 0 radical (unpaired) electrons. The summed E-state index contributed by atoms with van der Waals surface area (Å²) in [5.74, 6) is 0.0603. The van der Waals surface area contributed by atoms with Crippen molar-refractivity contribution in [1.29, 1.82) is 5.41 Å². The molecule has 0 saturated carbocycles. The van der Waals surface area contributed by atoms with Gasteiger partial charge in [0.15, 0.2) is 0 Å².